The van der Waals surface area contributed by atoms with Crippen LogP contribution in [0.3, 0.4) is 0 Å². The first-order chi connectivity index (χ1) is 10.4. The minimum atomic E-state index is 0.677. The van der Waals surface area contributed by atoms with Gasteiger partial charge in [0, 0.05) is 11.1 Å². The van der Waals surface area contributed by atoms with Crippen LogP contribution in [0.5, 0.6) is 0 Å². The summed E-state index contributed by atoms with van der Waals surface area (Å²) >= 11 is 1.40. The molecule has 0 saturated carbocycles. The van der Waals surface area contributed by atoms with E-state index in [0.29, 0.717) is 10.0 Å². The Balaban J connectivity index is 1.76. The van der Waals surface area contributed by atoms with Crippen LogP contribution in [0.15, 0.2) is 60.7 Å². The van der Waals surface area contributed by atoms with Crippen molar-refractivity contribution in [2.75, 3.05) is 0 Å². The van der Waals surface area contributed by atoms with Crippen molar-refractivity contribution < 1.29 is 0 Å². The van der Waals surface area contributed by atoms with Gasteiger partial charge in [0.2, 0.25) is 0 Å². The Labute approximate surface area is 127 Å². The molecule has 0 aliphatic heterocycles. The molecule has 0 bridgehead atoms. The SMILES string of the molecule is C(#Cc1nnc(C#Cc2ccccc2)s1)c1ccccc1. The highest BCUT2D eigenvalue weighted by Crippen LogP contribution is 2.07. The first kappa shape index (κ1) is 13.1. The van der Waals surface area contributed by atoms with Gasteiger partial charge in [0.25, 0.3) is 0 Å². The van der Waals surface area contributed by atoms with E-state index in [1.54, 1.807) is 0 Å². The summed E-state index contributed by atoms with van der Waals surface area (Å²) in [6.45, 7) is 0. The summed E-state index contributed by atoms with van der Waals surface area (Å²) in [6.07, 6.45) is 0. The number of nitrogens with zero attached hydrogens (tertiary/aromatic N) is 2. The number of rotatable bonds is 0. The average Bonchev–Trinajstić information content (AvgIpc) is 3.01. The molecule has 98 valence electrons. The lowest BCUT2D eigenvalue weighted by atomic mass is 10.2. The predicted octanol–water partition coefficient (Wildman–Crippen LogP) is 3.34. The molecule has 0 saturated heterocycles. The highest BCUT2D eigenvalue weighted by atomic mass is 32.1. The van der Waals surface area contributed by atoms with Crippen molar-refractivity contribution in [2.45, 2.75) is 0 Å². The summed E-state index contributed by atoms with van der Waals surface area (Å²) in [5, 5.41) is 9.43. The third-order valence-corrected chi connectivity index (χ3v) is 3.35. The first-order valence-electron chi connectivity index (χ1n) is 6.38. The average molecular weight is 286 g/mol. The van der Waals surface area contributed by atoms with Gasteiger partial charge >= 0.3 is 0 Å². The van der Waals surface area contributed by atoms with Crippen LogP contribution in [-0.4, -0.2) is 10.2 Å². The van der Waals surface area contributed by atoms with E-state index in [0.717, 1.165) is 11.1 Å². The quantitative estimate of drug-likeness (QED) is 0.592. The lowest BCUT2D eigenvalue weighted by molar-refractivity contribution is 1.06. The van der Waals surface area contributed by atoms with Gasteiger partial charge in [0.05, 0.1) is 0 Å². The zero-order valence-corrected chi connectivity index (χ0v) is 11.9. The topological polar surface area (TPSA) is 25.8 Å². The highest BCUT2D eigenvalue weighted by Gasteiger charge is 1.97. The summed E-state index contributed by atoms with van der Waals surface area (Å²) in [5.41, 5.74) is 1.93. The van der Waals surface area contributed by atoms with Crippen molar-refractivity contribution >= 4 is 11.3 Å². The van der Waals surface area contributed by atoms with Gasteiger partial charge in [-0.3, -0.25) is 0 Å². The molecule has 2 nitrogen and oxygen atoms in total. The molecule has 0 spiro atoms. The largest absolute Gasteiger partial charge is 0.192 e. The Hall–Kier alpha value is -2.88. The van der Waals surface area contributed by atoms with Gasteiger partial charge < -0.3 is 0 Å². The molecule has 1 aromatic heterocycles. The minimum absolute atomic E-state index is 0.677. The molecule has 3 rings (SSSR count). The van der Waals surface area contributed by atoms with Gasteiger partial charge in [-0.25, -0.2) is 0 Å². The fourth-order valence-corrected chi connectivity index (χ4v) is 2.17. The first-order valence-corrected chi connectivity index (χ1v) is 7.19. The minimum Gasteiger partial charge on any atom is -0.128 e. The lowest BCUT2D eigenvalue weighted by Gasteiger charge is -1.85. The van der Waals surface area contributed by atoms with Gasteiger partial charge in [0.1, 0.15) is 0 Å². The Kier molecular flexibility index (Phi) is 4.07. The molecule has 0 unspecified atom stereocenters. The molecule has 2 aromatic carbocycles. The predicted molar refractivity (Wildman–Crippen MR) is 84.8 cm³/mol. The van der Waals surface area contributed by atoms with Crippen LogP contribution < -0.4 is 0 Å². The number of hydrogen-bond donors (Lipinski definition) is 0. The van der Waals surface area contributed by atoms with Crippen LogP contribution in [0.25, 0.3) is 0 Å². The standard InChI is InChI=1S/C18H10N2S/c1-3-7-15(8-4-1)11-13-17-19-20-18(21-17)14-12-16-9-5-2-6-10-16/h1-10H. The van der Waals surface area contributed by atoms with Crippen molar-refractivity contribution in [3.8, 4) is 23.7 Å². The molecule has 0 aliphatic carbocycles. The zero-order chi connectivity index (χ0) is 14.3. The fraction of sp³-hybridized carbons (Fsp3) is 0. The van der Waals surface area contributed by atoms with Crippen molar-refractivity contribution in [1.29, 1.82) is 0 Å². The molecule has 3 heteroatoms. The lowest BCUT2D eigenvalue weighted by Crippen LogP contribution is -1.75. The number of hydrogen-bond acceptors (Lipinski definition) is 3. The second-order valence-electron chi connectivity index (χ2n) is 4.14. The van der Waals surface area contributed by atoms with Gasteiger partial charge in [-0.2, -0.15) is 0 Å². The summed E-state index contributed by atoms with van der Waals surface area (Å²) < 4.78 is 0. The molecule has 0 amide bonds. The van der Waals surface area contributed by atoms with Crippen LogP contribution in [-0.2, 0) is 0 Å². The molecule has 0 fully saturated rings. The van der Waals surface area contributed by atoms with E-state index in [9.17, 15) is 0 Å². The zero-order valence-electron chi connectivity index (χ0n) is 11.1. The van der Waals surface area contributed by atoms with Gasteiger partial charge in [-0.05, 0) is 36.1 Å². The molecule has 0 N–H and O–H groups in total. The van der Waals surface area contributed by atoms with E-state index in [4.69, 9.17) is 0 Å². The molecule has 0 atom stereocenters. The van der Waals surface area contributed by atoms with E-state index >= 15 is 0 Å². The van der Waals surface area contributed by atoms with Crippen molar-refractivity contribution in [3.63, 3.8) is 0 Å². The van der Waals surface area contributed by atoms with Crippen molar-refractivity contribution in [1.82, 2.24) is 10.2 Å². The molecule has 0 radical (unpaired) electrons. The normalized spacial score (nSPS) is 9.14. The Bertz CT molecular complexity index is 772. The summed E-state index contributed by atoms with van der Waals surface area (Å²) in [4.78, 5) is 0. The molecule has 3 aromatic rings. The second-order valence-corrected chi connectivity index (χ2v) is 5.12. The molecule has 1 heterocycles. The maximum Gasteiger partial charge on any atom is 0.192 e. The number of aromatic nitrogens is 2. The fourth-order valence-electron chi connectivity index (χ4n) is 1.62. The maximum absolute atomic E-state index is 4.04. The van der Waals surface area contributed by atoms with Gasteiger partial charge in [-0.15, -0.1) is 10.2 Å². The smallest absolute Gasteiger partial charge is 0.128 e. The molecule has 21 heavy (non-hydrogen) atoms. The summed E-state index contributed by atoms with van der Waals surface area (Å²) in [6, 6.07) is 19.6. The van der Waals surface area contributed by atoms with E-state index in [2.05, 4.69) is 33.9 Å². The van der Waals surface area contributed by atoms with Crippen LogP contribution in [0.1, 0.15) is 21.1 Å². The maximum atomic E-state index is 4.04. The second kappa shape index (κ2) is 6.52. The van der Waals surface area contributed by atoms with Crippen molar-refractivity contribution in [3.05, 3.63) is 81.8 Å². The third kappa shape index (κ3) is 3.79. The van der Waals surface area contributed by atoms with E-state index in [-0.39, 0.29) is 0 Å². The van der Waals surface area contributed by atoms with E-state index in [1.807, 2.05) is 60.7 Å². The Morgan fingerprint density at radius 3 is 1.43 bits per heavy atom. The number of benzene rings is 2. The Morgan fingerprint density at radius 2 is 1.00 bits per heavy atom. The summed E-state index contributed by atoms with van der Waals surface area (Å²) in [7, 11) is 0. The highest BCUT2D eigenvalue weighted by molar-refractivity contribution is 7.12. The van der Waals surface area contributed by atoms with Gasteiger partial charge in [0.15, 0.2) is 10.0 Å². The van der Waals surface area contributed by atoms with Crippen LogP contribution >= 0.6 is 11.3 Å². The molecular formula is C18H10N2S. The Morgan fingerprint density at radius 1 is 0.571 bits per heavy atom. The van der Waals surface area contributed by atoms with E-state index in [1.165, 1.54) is 11.3 Å². The van der Waals surface area contributed by atoms with Crippen molar-refractivity contribution in [2.24, 2.45) is 0 Å². The molecule has 0 aliphatic rings. The molecular weight excluding hydrogens is 276 g/mol. The van der Waals surface area contributed by atoms with Crippen LogP contribution in [0, 0.1) is 23.7 Å². The summed E-state index contributed by atoms with van der Waals surface area (Å²) in [5.74, 6) is 12.1. The van der Waals surface area contributed by atoms with Gasteiger partial charge in [-0.1, -0.05) is 59.6 Å². The van der Waals surface area contributed by atoms with Crippen LogP contribution in [0.2, 0.25) is 0 Å². The van der Waals surface area contributed by atoms with Crippen LogP contribution in [0.4, 0.5) is 0 Å². The monoisotopic (exact) mass is 286 g/mol. The third-order valence-electron chi connectivity index (χ3n) is 2.60. The van der Waals surface area contributed by atoms with E-state index < -0.39 is 0 Å².